The number of amides is 1. The van der Waals surface area contributed by atoms with Crippen molar-refractivity contribution in [1.29, 1.82) is 0 Å². The normalized spacial score (nSPS) is 14.9. The highest BCUT2D eigenvalue weighted by Gasteiger charge is 2.25. The molecule has 1 fully saturated rings. The molecule has 2 aromatic carbocycles. The predicted molar refractivity (Wildman–Crippen MR) is 134 cm³/mol. The van der Waals surface area contributed by atoms with E-state index in [2.05, 4.69) is 28.3 Å². The number of ether oxygens (including phenoxy) is 1. The van der Waals surface area contributed by atoms with Gasteiger partial charge in [-0.25, -0.2) is 4.68 Å². The number of hydrogen-bond acceptors (Lipinski definition) is 5. The maximum atomic E-state index is 13.4. The lowest BCUT2D eigenvalue weighted by Gasteiger charge is -2.28. The van der Waals surface area contributed by atoms with Gasteiger partial charge in [-0.05, 0) is 56.1 Å². The first-order valence-corrected chi connectivity index (χ1v) is 12.3. The number of nitrogens with one attached hydrogen (secondary N) is 1. The SMILES string of the molecule is CCCCCn1nc(C(=O)NCC(c2cccc(OC)c2)N2CCCC2)c2ccccc2c1=O. The first-order valence-electron chi connectivity index (χ1n) is 12.3. The van der Waals surface area contributed by atoms with Crippen molar-refractivity contribution in [3.8, 4) is 5.75 Å². The van der Waals surface area contributed by atoms with E-state index in [0.29, 0.717) is 29.6 Å². The van der Waals surface area contributed by atoms with Crippen molar-refractivity contribution in [2.24, 2.45) is 0 Å². The Labute approximate surface area is 200 Å². The van der Waals surface area contributed by atoms with Gasteiger partial charge in [0.05, 0.1) is 18.5 Å². The number of carbonyl (C=O) groups is 1. The van der Waals surface area contributed by atoms with Crippen LogP contribution in [-0.2, 0) is 6.54 Å². The molecule has 1 aromatic heterocycles. The van der Waals surface area contributed by atoms with Crippen LogP contribution in [0, 0.1) is 0 Å². The van der Waals surface area contributed by atoms with Crippen LogP contribution in [0.4, 0.5) is 0 Å². The fraction of sp³-hybridized carbons (Fsp3) is 0.444. The average Bonchev–Trinajstić information content (AvgIpc) is 3.40. The number of unbranched alkanes of at least 4 members (excludes halogenated alkanes) is 2. The summed E-state index contributed by atoms with van der Waals surface area (Å²) >= 11 is 0. The lowest BCUT2D eigenvalue weighted by molar-refractivity contribution is 0.0932. The van der Waals surface area contributed by atoms with Gasteiger partial charge in [-0.2, -0.15) is 5.10 Å². The highest BCUT2D eigenvalue weighted by atomic mass is 16.5. The van der Waals surface area contributed by atoms with Gasteiger partial charge in [-0.3, -0.25) is 14.5 Å². The summed E-state index contributed by atoms with van der Waals surface area (Å²) in [5.41, 5.74) is 1.27. The molecule has 1 atom stereocenters. The van der Waals surface area contributed by atoms with Crippen LogP contribution in [-0.4, -0.2) is 47.3 Å². The molecule has 180 valence electrons. The smallest absolute Gasteiger partial charge is 0.274 e. The Morgan fingerprint density at radius 1 is 1.09 bits per heavy atom. The van der Waals surface area contributed by atoms with E-state index in [4.69, 9.17) is 4.74 Å². The van der Waals surface area contributed by atoms with E-state index in [9.17, 15) is 9.59 Å². The summed E-state index contributed by atoms with van der Waals surface area (Å²) in [5.74, 6) is 0.548. The van der Waals surface area contributed by atoms with Crippen molar-refractivity contribution < 1.29 is 9.53 Å². The summed E-state index contributed by atoms with van der Waals surface area (Å²) in [6.07, 6.45) is 5.24. The summed E-state index contributed by atoms with van der Waals surface area (Å²) in [6.45, 7) is 5.09. The van der Waals surface area contributed by atoms with Crippen LogP contribution in [0.1, 0.15) is 61.1 Å². The molecule has 2 heterocycles. The molecule has 0 aliphatic carbocycles. The molecule has 1 amide bonds. The Morgan fingerprint density at radius 3 is 2.59 bits per heavy atom. The molecule has 4 rings (SSSR count). The van der Waals surface area contributed by atoms with Crippen LogP contribution < -0.4 is 15.6 Å². The van der Waals surface area contributed by atoms with Crippen LogP contribution in [0.2, 0.25) is 0 Å². The topological polar surface area (TPSA) is 76.5 Å². The molecular formula is C27H34N4O3. The molecule has 1 aliphatic rings. The number of carbonyl (C=O) groups excluding carboxylic acids is 1. The molecule has 0 saturated carbocycles. The van der Waals surface area contributed by atoms with Crippen molar-refractivity contribution in [1.82, 2.24) is 20.0 Å². The number of rotatable bonds is 10. The van der Waals surface area contributed by atoms with Crippen molar-refractivity contribution in [2.45, 2.75) is 51.6 Å². The predicted octanol–water partition coefficient (Wildman–Crippen LogP) is 4.16. The third-order valence-electron chi connectivity index (χ3n) is 6.57. The zero-order valence-corrected chi connectivity index (χ0v) is 20.1. The number of aryl methyl sites for hydroxylation is 1. The van der Waals surface area contributed by atoms with Crippen molar-refractivity contribution >= 4 is 16.7 Å². The van der Waals surface area contributed by atoms with E-state index in [-0.39, 0.29) is 17.5 Å². The maximum absolute atomic E-state index is 13.4. The summed E-state index contributed by atoms with van der Waals surface area (Å²) < 4.78 is 6.88. The number of benzene rings is 2. The quantitative estimate of drug-likeness (QED) is 0.458. The van der Waals surface area contributed by atoms with Crippen molar-refractivity contribution in [3.63, 3.8) is 0 Å². The Bertz CT molecular complexity index is 1180. The molecule has 0 radical (unpaired) electrons. The van der Waals surface area contributed by atoms with Gasteiger partial charge in [0, 0.05) is 18.5 Å². The minimum atomic E-state index is -0.257. The number of nitrogens with zero attached hydrogens (tertiary/aromatic N) is 3. The van der Waals surface area contributed by atoms with Gasteiger partial charge in [0.1, 0.15) is 5.75 Å². The van der Waals surface area contributed by atoms with Crippen LogP contribution in [0.5, 0.6) is 5.75 Å². The van der Waals surface area contributed by atoms with Crippen LogP contribution in [0.15, 0.2) is 53.3 Å². The first-order chi connectivity index (χ1) is 16.6. The summed E-state index contributed by atoms with van der Waals surface area (Å²) in [5, 5.41) is 8.75. The van der Waals surface area contributed by atoms with Crippen LogP contribution in [0.25, 0.3) is 10.8 Å². The maximum Gasteiger partial charge on any atom is 0.274 e. The zero-order valence-electron chi connectivity index (χ0n) is 20.1. The Balaban J connectivity index is 1.60. The van der Waals surface area contributed by atoms with Gasteiger partial charge < -0.3 is 10.1 Å². The molecule has 34 heavy (non-hydrogen) atoms. The van der Waals surface area contributed by atoms with Gasteiger partial charge in [-0.15, -0.1) is 0 Å². The fourth-order valence-corrected chi connectivity index (χ4v) is 4.70. The summed E-state index contributed by atoms with van der Waals surface area (Å²) in [7, 11) is 1.66. The molecule has 1 N–H and O–H groups in total. The lowest BCUT2D eigenvalue weighted by atomic mass is 10.0. The van der Waals surface area contributed by atoms with Gasteiger partial charge in [0.25, 0.3) is 11.5 Å². The van der Waals surface area contributed by atoms with Crippen LogP contribution in [0.3, 0.4) is 0 Å². The van der Waals surface area contributed by atoms with Gasteiger partial charge in [0.2, 0.25) is 0 Å². The number of methoxy groups -OCH3 is 1. The second-order valence-electron chi connectivity index (χ2n) is 8.88. The third-order valence-corrected chi connectivity index (χ3v) is 6.57. The highest BCUT2D eigenvalue weighted by molar-refractivity contribution is 6.04. The standard InChI is InChI=1S/C27H34N4O3/c1-3-4-7-17-31-27(33)23-14-6-5-13-22(23)25(29-31)26(32)28-19-24(30-15-8-9-16-30)20-11-10-12-21(18-20)34-2/h5-6,10-14,18,24H,3-4,7-9,15-17,19H2,1-2H3,(H,28,32). The van der Waals surface area contributed by atoms with E-state index in [1.807, 2.05) is 30.3 Å². The first kappa shape index (κ1) is 24.0. The van der Waals surface area contributed by atoms with Crippen molar-refractivity contribution in [2.75, 3.05) is 26.7 Å². The minimum Gasteiger partial charge on any atom is -0.497 e. The molecule has 0 spiro atoms. The molecule has 1 aliphatic heterocycles. The fourth-order valence-electron chi connectivity index (χ4n) is 4.70. The van der Waals surface area contributed by atoms with Crippen molar-refractivity contribution in [3.05, 3.63) is 70.1 Å². The monoisotopic (exact) mass is 462 g/mol. The average molecular weight is 463 g/mol. The van der Waals surface area contributed by atoms with E-state index in [0.717, 1.165) is 56.5 Å². The summed E-state index contributed by atoms with van der Waals surface area (Å²) in [6, 6.07) is 15.3. The lowest BCUT2D eigenvalue weighted by Crippen LogP contribution is -2.38. The number of fused-ring (bicyclic) bond motifs is 1. The van der Waals surface area contributed by atoms with Gasteiger partial charge in [-0.1, -0.05) is 50.1 Å². The second kappa shape index (κ2) is 11.3. The number of aromatic nitrogens is 2. The number of hydrogen-bond donors (Lipinski definition) is 1. The molecule has 0 bridgehead atoms. The molecule has 1 unspecified atom stereocenters. The van der Waals surface area contributed by atoms with E-state index >= 15 is 0 Å². The van der Waals surface area contributed by atoms with E-state index < -0.39 is 0 Å². The molecule has 7 nitrogen and oxygen atoms in total. The Kier molecular flexibility index (Phi) is 7.95. The zero-order chi connectivity index (χ0) is 23.9. The second-order valence-corrected chi connectivity index (χ2v) is 8.88. The van der Waals surface area contributed by atoms with E-state index in [1.54, 1.807) is 19.2 Å². The largest absolute Gasteiger partial charge is 0.497 e. The summed E-state index contributed by atoms with van der Waals surface area (Å²) in [4.78, 5) is 28.7. The Hall–Kier alpha value is -3.19. The van der Waals surface area contributed by atoms with E-state index in [1.165, 1.54) is 4.68 Å². The molecule has 7 heteroatoms. The van der Waals surface area contributed by atoms with Crippen LogP contribution >= 0.6 is 0 Å². The third kappa shape index (κ3) is 5.30. The molecular weight excluding hydrogens is 428 g/mol. The Morgan fingerprint density at radius 2 is 1.85 bits per heavy atom. The highest BCUT2D eigenvalue weighted by Crippen LogP contribution is 2.27. The number of likely N-dealkylation sites (tertiary alicyclic amines) is 1. The van der Waals surface area contributed by atoms with Gasteiger partial charge in [0.15, 0.2) is 5.69 Å². The molecule has 3 aromatic rings. The molecule has 1 saturated heterocycles. The van der Waals surface area contributed by atoms with Gasteiger partial charge >= 0.3 is 0 Å². The minimum absolute atomic E-state index is 0.0447.